The molecular formula is C19H15N3O5S3. The number of nitrogens with one attached hydrogen (secondary N) is 1. The van der Waals surface area contributed by atoms with Gasteiger partial charge in [0.2, 0.25) is 0 Å². The summed E-state index contributed by atoms with van der Waals surface area (Å²) in [6, 6.07) is 11.6. The highest BCUT2D eigenvalue weighted by Crippen LogP contribution is 2.34. The topological polar surface area (TPSA) is 97.3 Å². The van der Waals surface area contributed by atoms with Crippen molar-refractivity contribution in [2.75, 3.05) is 14.2 Å². The second kappa shape index (κ2) is 7.74. The number of thiocarbonyl (C=S) groups is 1. The van der Waals surface area contributed by atoms with Crippen LogP contribution in [0.15, 0.2) is 56.7 Å². The predicted molar refractivity (Wildman–Crippen MR) is 118 cm³/mol. The van der Waals surface area contributed by atoms with Gasteiger partial charge in [-0.15, -0.1) is 4.40 Å². The number of thioether (sulfide) groups is 1. The SMILES string of the molecule is COc1ccc(C=C2SC(=S)N(NC3=NS(=O)(=O)c4ccccc43)C2=O)cc1OC. The number of methoxy groups -OCH3 is 2. The van der Waals surface area contributed by atoms with Crippen LogP contribution in [0.2, 0.25) is 0 Å². The molecule has 2 aliphatic rings. The Morgan fingerprint density at radius 3 is 2.60 bits per heavy atom. The summed E-state index contributed by atoms with van der Waals surface area (Å²) in [6.07, 6.45) is 1.67. The van der Waals surface area contributed by atoms with Crippen molar-refractivity contribution in [3.05, 3.63) is 58.5 Å². The lowest BCUT2D eigenvalue weighted by Crippen LogP contribution is -2.44. The number of hydrogen-bond acceptors (Lipinski definition) is 8. The van der Waals surface area contributed by atoms with E-state index in [1.54, 1.807) is 49.6 Å². The number of ether oxygens (including phenoxy) is 2. The van der Waals surface area contributed by atoms with Gasteiger partial charge < -0.3 is 9.47 Å². The number of amides is 1. The Morgan fingerprint density at radius 1 is 1.13 bits per heavy atom. The van der Waals surface area contributed by atoms with Crippen LogP contribution in [-0.2, 0) is 14.8 Å². The van der Waals surface area contributed by atoms with E-state index in [0.29, 0.717) is 22.0 Å². The molecule has 0 aliphatic carbocycles. The van der Waals surface area contributed by atoms with Crippen LogP contribution in [-0.4, -0.2) is 43.7 Å². The van der Waals surface area contributed by atoms with E-state index in [-0.39, 0.29) is 15.1 Å². The molecule has 2 aromatic carbocycles. The lowest BCUT2D eigenvalue weighted by atomic mass is 10.2. The van der Waals surface area contributed by atoms with Crippen LogP contribution in [0.25, 0.3) is 6.08 Å². The number of nitrogens with zero attached hydrogens (tertiary/aromatic N) is 2. The highest BCUT2D eigenvalue weighted by Gasteiger charge is 2.36. The van der Waals surface area contributed by atoms with Gasteiger partial charge in [-0.1, -0.05) is 30.0 Å². The summed E-state index contributed by atoms with van der Waals surface area (Å²) in [7, 11) is -0.744. The fourth-order valence-corrected chi connectivity index (χ4v) is 5.30. The molecule has 0 spiro atoms. The number of sulfonamides is 1. The molecule has 154 valence electrons. The maximum atomic E-state index is 12.9. The number of benzene rings is 2. The lowest BCUT2D eigenvalue weighted by Gasteiger charge is -2.16. The van der Waals surface area contributed by atoms with Crippen molar-refractivity contribution in [3.63, 3.8) is 0 Å². The van der Waals surface area contributed by atoms with E-state index in [9.17, 15) is 13.2 Å². The third-order valence-corrected chi connectivity index (χ3v) is 6.99. The summed E-state index contributed by atoms with van der Waals surface area (Å²) in [5, 5.41) is 1.11. The molecule has 2 aromatic rings. The van der Waals surface area contributed by atoms with Crippen LogP contribution in [0.1, 0.15) is 11.1 Å². The molecule has 0 bridgehead atoms. The second-order valence-corrected chi connectivity index (χ2v) is 9.40. The van der Waals surface area contributed by atoms with Gasteiger partial charge in [-0.25, -0.2) is 0 Å². The molecule has 1 amide bonds. The Hall–Kier alpha value is -2.89. The maximum absolute atomic E-state index is 12.9. The highest BCUT2D eigenvalue weighted by molar-refractivity contribution is 8.26. The Labute approximate surface area is 182 Å². The molecule has 4 rings (SSSR count). The molecule has 0 aromatic heterocycles. The van der Waals surface area contributed by atoms with Gasteiger partial charge in [-0.05, 0) is 48.1 Å². The first kappa shape index (κ1) is 20.4. The number of carbonyl (C=O) groups is 1. The van der Waals surface area contributed by atoms with Crippen LogP contribution in [0, 0.1) is 0 Å². The highest BCUT2D eigenvalue weighted by atomic mass is 32.2. The molecule has 2 heterocycles. The summed E-state index contributed by atoms with van der Waals surface area (Å²) >= 11 is 6.40. The van der Waals surface area contributed by atoms with E-state index in [1.807, 2.05) is 0 Å². The molecule has 8 nitrogen and oxygen atoms in total. The maximum Gasteiger partial charge on any atom is 0.285 e. The first-order chi connectivity index (χ1) is 14.3. The van der Waals surface area contributed by atoms with E-state index < -0.39 is 15.9 Å². The number of rotatable bonds is 4. The molecule has 30 heavy (non-hydrogen) atoms. The molecule has 1 saturated heterocycles. The van der Waals surface area contributed by atoms with Crippen molar-refractivity contribution < 1.29 is 22.7 Å². The fourth-order valence-electron chi connectivity index (χ4n) is 2.95. The number of fused-ring (bicyclic) bond motifs is 1. The third kappa shape index (κ3) is 3.55. The lowest BCUT2D eigenvalue weighted by molar-refractivity contribution is -0.123. The van der Waals surface area contributed by atoms with Crippen molar-refractivity contribution in [1.29, 1.82) is 0 Å². The van der Waals surface area contributed by atoms with Gasteiger partial charge in [0, 0.05) is 5.56 Å². The van der Waals surface area contributed by atoms with Crippen molar-refractivity contribution in [3.8, 4) is 11.5 Å². The first-order valence-electron chi connectivity index (χ1n) is 8.55. The zero-order valence-electron chi connectivity index (χ0n) is 15.8. The normalized spacial score (nSPS) is 18.4. The summed E-state index contributed by atoms with van der Waals surface area (Å²) < 4.78 is 38.9. The fraction of sp³-hybridized carbons (Fsp3) is 0.105. The minimum Gasteiger partial charge on any atom is -0.493 e. The van der Waals surface area contributed by atoms with Gasteiger partial charge in [0.05, 0.1) is 19.1 Å². The van der Waals surface area contributed by atoms with Crippen molar-refractivity contribution >= 4 is 56.1 Å². The van der Waals surface area contributed by atoms with Crippen molar-refractivity contribution in [2.24, 2.45) is 4.40 Å². The summed E-state index contributed by atoms with van der Waals surface area (Å²) in [5.41, 5.74) is 3.86. The zero-order valence-corrected chi connectivity index (χ0v) is 18.2. The average Bonchev–Trinajstić information content (AvgIpc) is 3.15. The molecule has 1 N–H and O–H groups in total. The van der Waals surface area contributed by atoms with Gasteiger partial charge in [-0.3, -0.25) is 10.2 Å². The molecule has 2 aliphatic heterocycles. The third-order valence-electron chi connectivity index (χ3n) is 4.35. The summed E-state index contributed by atoms with van der Waals surface area (Å²) in [5.74, 6) is 0.739. The van der Waals surface area contributed by atoms with Crippen molar-refractivity contribution in [1.82, 2.24) is 10.4 Å². The predicted octanol–water partition coefficient (Wildman–Crippen LogP) is 2.56. The minimum absolute atomic E-state index is 0.0502. The van der Waals surface area contributed by atoms with Gasteiger partial charge in [0.1, 0.15) is 4.90 Å². The van der Waals surface area contributed by atoms with Crippen LogP contribution in [0.5, 0.6) is 11.5 Å². The molecule has 11 heteroatoms. The molecule has 1 fully saturated rings. The average molecular weight is 462 g/mol. The van der Waals surface area contributed by atoms with E-state index in [1.165, 1.54) is 13.2 Å². The molecule has 0 radical (unpaired) electrons. The smallest absolute Gasteiger partial charge is 0.285 e. The van der Waals surface area contributed by atoms with Gasteiger partial charge >= 0.3 is 0 Å². The molecule has 0 saturated carbocycles. The zero-order chi connectivity index (χ0) is 21.5. The Morgan fingerprint density at radius 2 is 1.87 bits per heavy atom. The summed E-state index contributed by atoms with van der Waals surface area (Å²) in [4.78, 5) is 13.3. The summed E-state index contributed by atoms with van der Waals surface area (Å²) in [6.45, 7) is 0. The number of hydrazine groups is 1. The monoisotopic (exact) mass is 461 g/mol. The Kier molecular flexibility index (Phi) is 5.26. The van der Waals surface area contributed by atoms with Gasteiger partial charge in [-0.2, -0.15) is 13.4 Å². The number of carbonyl (C=O) groups excluding carboxylic acids is 1. The number of amidine groups is 1. The van der Waals surface area contributed by atoms with Gasteiger partial charge in [0.25, 0.3) is 15.9 Å². The van der Waals surface area contributed by atoms with E-state index in [2.05, 4.69) is 9.82 Å². The number of hydrogen-bond donors (Lipinski definition) is 1. The Balaban J connectivity index is 1.61. The molecule has 0 unspecified atom stereocenters. The van der Waals surface area contributed by atoms with Crippen LogP contribution in [0.4, 0.5) is 0 Å². The van der Waals surface area contributed by atoms with Crippen LogP contribution < -0.4 is 14.9 Å². The largest absolute Gasteiger partial charge is 0.493 e. The van der Waals surface area contributed by atoms with Gasteiger partial charge in [0.15, 0.2) is 21.7 Å². The minimum atomic E-state index is -3.81. The second-order valence-electron chi connectivity index (χ2n) is 6.15. The van der Waals surface area contributed by atoms with E-state index in [0.717, 1.165) is 22.3 Å². The molecular weight excluding hydrogens is 446 g/mol. The quantitative estimate of drug-likeness (QED) is 0.548. The van der Waals surface area contributed by atoms with Crippen LogP contribution >= 0.6 is 24.0 Å². The first-order valence-corrected chi connectivity index (χ1v) is 11.2. The standard InChI is InChI=1S/C19H15N3O5S3/c1-26-13-8-7-11(9-14(13)27-2)10-15-18(23)22(19(28)29-15)20-17-12-5-3-4-6-16(12)30(24,25)21-17/h3-10H,1-2H3,(H,20,21). The van der Waals surface area contributed by atoms with Crippen molar-refractivity contribution in [2.45, 2.75) is 4.90 Å². The van der Waals surface area contributed by atoms with E-state index >= 15 is 0 Å². The van der Waals surface area contributed by atoms with E-state index in [4.69, 9.17) is 21.7 Å². The van der Waals surface area contributed by atoms with Crippen LogP contribution in [0.3, 0.4) is 0 Å². The Bertz CT molecular complexity index is 1240. The molecule has 0 atom stereocenters.